The molecule has 24 heavy (non-hydrogen) atoms. The van der Waals surface area contributed by atoms with Crippen LogP contribution >= 0.6 is 22.7 Å². The molecule has 0 radical (unpaired) electrons. The summed E-state index contributed by atoms with van der Waals surface area (Å²) in [7, 11) is 1.66. The minimum atomic E-state index is 0.654. The molecule has 120 valence electrons. The van der Waals surface area contributed by atoms with Crippen LogP contribution in [0.1, 0.15) is 15.2 Å². The molecule has 0 amide bonds. The van der Waals surface area contributed by atoms with E-state index in [1.54, 1.807) is 18.4 Å². The van der Waals surface area contributed by atoms with E-state index in [2.05, 4.69) is 6.07 Å². The lowest BCUT2D eigenvalue weighted by molar-refractivity contribution is 0.112. The van der Waals surface area contributed by atoms with Gasteiger partial charge in [-0.05, 0) is 35.2 Å². The Hall–Kier alpha value is -2.44. The number of hydrogen-bond acceptors (Lipinski definition) is 5. The average molecular weight is 354 g/mol. The zero-order valence-corrected chi connectivity index (χ0v) is 14.6. The van der Waals surface area contributed by atoms with Gasteiger partial charge in [-0.15, -0.1) is 22.7 Å². The number of aldehydes is 1. The van der Waals surface area contributed by atoms with Crippen molar-refractivity contribution in [3.63, 3.8) is 0 Å². The summed E-state index contributed by atoms with van der Waals surface area (Å²) in [5.74, 6) is 0.836. The van der Waals surface area contributed by atoms with Crippen LogP contribution in [0.15, 0.2) is 47.8 Å². The van der Waals surface area contributed by atoms with E-state index in [0.717, 1.165) is 43.3 Å². The van der Waals surface area contributed by atoms with Crippen LogP contribution in [0.4, 0.5) is 0 Å². The first-order valence-corrected chi connectivity index (χ1v) is 9.10. The van der Waals surface area contributed by atoms with Crippen molar-refractivity contribution in [3.8, 4) is 16.3 Å². The molecule has 4 nitrogen and oxygen atoms in total. The van der Waals surface area contributed by atoms with E-state index in [-0.39, 0.29) is 0 Å². The summed E-state index contributed by atoms with van der Waals surface area (Å²) >= 11 is 3.15. The number of ether oxygens (including phenoxy) is 1. The lowest BCUT2D eigenvalue weighted by Crippen LogP contribution is -2.01. The van der Waals surface area contributed by atoms with Crippen LogP contribution in [-0.4, -0.2) is 23.2 Å². The quantitative estimate of drug-likeness (QED) is 0.488. The lowest BCUT2D eigenvalue weighted by Gasteiger charge is -2.04. The van der Waals surface area contributed by atoms with Gasteiger partial charge < -0.3 is 4.74 Å². The number of nitrogens with zero attached hydrogens (tertiary/aromatic N) is 2. The third-order valence-electron chi connectivity index (χ3n) is 3.81. The molecule has 4 aromatic rings. The second kappa shape index (κ2) is 6.22. The summed E-state index contributed by atoms with van der Waals surface area (Å²) in [6.07, 6.45) is 0.903. The lowest BCUT2D eigenvalue weighted by atomic mass is 10.2. The molecule has 0 aliphatic rings. The van der Waals surface area contributed by atoms with Crippen LogP contribution in [-0.2, 0) is 6.54 Å². The fraction of sp³-hybridized carbons (Fsp3) is 0.111. The zero-order chi connectivity index (χ0) is 16.5. The predicted octanol–water partition coefficient (Wildman–Crippen LogP) is 4.70. The summed E-state index contributed by atoms with van der Waals surface area (Å²) in [4.78, 5) is 13.0. The van der Waals surface area contributed by atoms with Gasteiger partial charge in [0.05, 0.1) is 33.6 Å². The van der Waals surface area contributed by atoms with Gasteiger partial charge in [-0.3, -0.25) is 9.48 Å². The van der Waals surface area contributed by atoms with E-state index in [9.17, 15) is 4.79 Å². The Balaban J connectivity index is 1.79. The van der Waals surface area contributed by atoms with Crippen molar-refractivity contribution >= 4 is 39.2 Å². The third kappa shape index (κ3) is 2.64. The Labute approximate surface area is 146 Å². The first-order valence-electron chi connectivity index (χ1n) is 7.41. The summed E-state index contributed by atoms with van der Waals surface area (Å²) in [5, 5.41) is 6.83. The highest BCUT2D eigenvalue weighted by molar-refractivity contribution is 7.21. The monoisotopic (exact) mass is 354 g/mol. The number of carbonyl (C=O) groups excluding carboxylic acids is 1. The highest BCUT2D eigenvalue weighted by Gasteiger charge is 2.17. The topological polar surface area (TPSA) is 44.1 Å². The number of rotatable bonds is 5. The van der Waals surface area contributed by atoms with Crippen LogP contribution in [0.2, 0.25) is 0 Å². The molecule has 0 bridgehead atoms. The largest absolute Gasteiger partial charge is 0.497 e. The van der Waals surface area contributed by atoms with Crippen molar-refractivity contribution in [1.82, 2.24) is 9.78 Å². The van der Waals surface area contributed by atoms with Gasteiger partial charge in [-0.1, -0.05) is 18.2 Å². The number of carbonyl (C=O) groups is 1. The number of hydrogen-bond donors (Lipinski definition) is 0. The fourth-order valence-corrected chi connectivity index (χ4v) is 4.39. The van der Waals surface area contributed by atoms with E-state index in [1.807, 2.05) is 46.5 Å². The van der Waals surface area contributed by atoms with Crippen LogP contribution in [0.3, 0.4) is 0 Å². The van der Waals surface area contributed by atoms with Crippen LogP contribution in [0.5, 0.6) is 5.75 Å². The molecule has 0 N–H and O–H groups in total. The van der Waals surface area contributed by atoms with Gasteiger partial charge in [0, 0.05) is 0 Å². The maximum atomic E-state index is 11.2. The molecule has 0 unspecified atom stereocenters. The van der Waals surface area contributed by atoms with Crippen LogP contribution in [0, 0.1) is 0 Å². The van der Waals surface area contributed by atoms with E-state index in [0.29, 0.717) is 6.54 Å². The molecule has 0 fully saturated rings. The summed E-state index contributed by atoms with van der Waals surface area (Å²) in [6, 6.07) is 13.9. The Morgan fingerprint density at radius 1 is 1.25 bits per heavy atom. The molecule has 0 atom stereocenters. The minimum absolute atomic E-state index is 0.654. The molecule has 0 aliphatic heterocycles. The van der Waals surface area contributed by atoms with Gasteiger partial charge in [-0.25, -0.2) is 0 Å². The Kier molecular flexibility index (Phi) is 3.92. The van der Waals surface area contributed by atoms with Crippen LogP contribution in [0.25, 0.3) is 20.8 Å². The molecular weight excluding hydrogens is 340 g/mol. The number of benzene rings is 1. The van der Waals surface area contributed by atoms with Gasteiger partial charge >= 0.3 is 0 Å². The van der Waals surface area contributed by atoms with Crippen LogP contribution < -0.4 is 4.74 Å². The summed E-state index contributed by atoms with van der Waals surface area (Å²) in [6.45, 7) is 0.654. The first kappa shape index (κ1) is 15.1. The normalized spacial score (nSPS) is 11.0. The highest BCUT2D eigenvalue weighted by atomic mass is 32.1. The van der Waals surface area contributed by atoms with Gasteiger partial charge in [0.15, 0.2) is 6.29 Å². The number of aromatic nitrogens is 2. The summed E-state index contributed by atoms with van der Waals surface area (Å²) < 4.78 is 8.23. The Bertz CT molecular complexity index is 982. The van der Waals surface area contributed by atoms with Crippen molar-refractivity contribution in [3.05, 3.63) is 58.3 Å². The first-order chi connectivity index (χ1) is 11.8. The molecule has 0 aliphatic carbocycles. The third-order valence-corrected chi connectivity index (χ3v) is 5.74. The Morgan fingerprint density at radius 2 is 2.08 bits per heavy atom. The maximum absolute atomic E-state index is 11.2. The molecule has 0 spiro atoms. The molecule has 4 rings (SSSR count). The molecule has 1 aromatic carbocycles. The highest BCUT2D eigenvalue weighted by Crippen LogP contribution is 2.36. The number of fused-ring (bicyclic) bond motifs is 1. The average Bonchev–Trinajstić information content (AvgIpc) is 3.33. The van der Waals surface area contributed by atoms with Gasteiger partial charge in [0.25, 0.3) is 0 Å². The predicted molar refractivity (Wildman–Crippen MR) is 98.4 cm³/mol. The van der Waals surface area contributed by atoms with E-state index < -0.39 is 0 Å². The van der Waals surface area contributed by atoms with Crippen molar-refractivity contribution < 1.29 is 9.53 Å². The van der Waals surface area contributed by atoms with E-state index in [4.69, 9.17) is 9.84 Å². The SMILES string of the molecule is COc1ccc(Cn2nc(-c3cccs3)c3sc(C=O)cc32)cc1. The summed E-state index contributed by atoms with van der Waals surface area (Å²) in [5.41, 5.74) is 3.09. The van der Waals surface area contributed by atoms with Crippen molar-refractivity contribution in [2.45, 2.75) is 6.54 Å². The Morgan fingerprint density at radius 3 is 2.75 bits per heavy atom. The van der Waals surface area contributed by atoms with E-state index in [1.165, 1.54) is 11.3 Å². The fourth-order valence-electron chi connectivity index (χ4n) is 2.64. The standard InChI is InChI=1S/C18H14N2O2S2/c1-22-13-6-4-12(5-7-13)10-20-15-9-14(11-21)24-18(15)17(19-20)16-3-2-8-23-16/h2-9,11H,10H2,1H3. The van der Waals surface area contributed by atoms with Crippen molar-refractivity contribution in [2.75, 3.05) is 7.11 Å². The molecular formula is C18H14N2O2S2. The molecule has 6 heteroatoms. The van der Waals surface area contributed by atoms with Crippen molar-refractivity contribution in [2.24, 2.45) is 0 Å². The van der Waals surface area contributed by atoms with Crippen molar-refractivity contribution in [1.29, 1.82) is 0 Å². The second-order valence-corrected chi connectivity index (χ2v) is 7.34. The number of methoxy groups -OCH3 is 1. The zero-order valence-electron chi connectivity index (χ0n) is 12.9. The van der Waals surface area contributed by atoms with Gasteiger partial charge in [0.2, 0.25) is 0 Å². The maximum Gasteiger partial charge on any atom is 0.160 e. The minimum Gasteiger partial charge on any atom is -0.497 e. The van der Waals surface area contributed by atoms with Gasteiger partial charge in [0.1, 0.15) is 11.4 Å². The van der Waals surface area contributed by atoms with Gasteiger partial charge in [-0.2, -0.15) is 5.10 Å². The van der Waals surface area contributed by atoms with E-state index >= 15 is 0 Å². The molecule has 3 aromatic heterocycles. The molecule has 3 heterocycles. The number of thiophene rings is 2. The molecule has 0 saturated carbocycles. The molecule has 0 saturated heterocycles. The smallest absolute Gasteiger partial charge is 0.160 e. The second-order valence-electron chi connectivity index (χ2n) is 5.31.